The van der Waals surface area contributed by atoms with E-state index in [1.54, 1.807) is 24.3 Å². The standard InChI is InChI=1S/C21H19BrN2O3/c22-16-6-4-15(5-7-16)21(12-1-13-21)23-20(27)14-2-8-17(9-3-14)24-18(25)10-11-19(24)26/h2-9H,1,10-13H2,(H,23,27). The van der Waals surface area contributed by atoms with Crippen LogP contribution in [0.15, 0.2) is 53.0 Å². The monoisotopic (exact) mass is 426 g/mol. The molecule has 0 bridgehead atoms. The van der Waals surface area contributed by atoms with Crippen molar-refractivity contribution in [1.29, 1.82) is 0 Å². The Kier molecular flexibility index (Phi) is 4.60. The van der Waals surface area contributed by atoms with Gasteiger partial charge in [-0.3, -0.25) is 19.3 Å². The van der Waals surface area contributed by atoms with Gasteiger partial charge in [0.05, 0.1) is 11.2 Å². The van der Waals surface area contributed by atoms with Crippen LogP contribution in [-0.4, -0.2) is 17.7 Å². The number of halogens is 1. The molecular formula is C21H19BrN2O3. The van der Waals surface area contributed by atoms with E-state index in [0.717, 1.165) is 29.3 Å². The lowest BCUT2D eigenvalue weighted by atomic mass is 9.71. The van der Waals surface area contributed by atoms with E-state index in [1.165, 1.54) is 4.90 Å². The molecule has 1 saturated carbocycles. The van der Waals surface area contributed by atoms with Crippen molar-refractivity contribution in [3.63, 3.8) is 0 Å². The van der Waals surface area contributed by atoms with Gasteiger partial charge in [0.2, 0.25) is 11.8 Å². The Morgan fingerprint density at radius 2 is 1.52 bits per heavy atom. The summed E-state index contributed by atoms with van der Waals surface area (Å²) >= 11 is 3.44. The zero-order valence-electron chi connectivity index (χ0n) is 14.7. The summed E-state index contributed by atoms with van der Waals surface area (Å²) in [4.78, 5) is 37.7. The Morgan fingerprint density at radius 3 is 2.04 bits per heavy atom. The van der Waals surface area contributed by atoms with Crippen molar-refractivity contribution in [1.82, 2.24) is 5.32 Å². The van der Waals surface area contributed by atoms with Gasteiger partial charge in [0.25, 0.3) is 5.91 Å². The predicted octanol–water partition coefficient (Wildman–Crippen LogP) is 3.91. The van der Waals surface area contributed by atoms with E-state index in [2.05, 4.69) is 21.2 Å². The summed E-state index contributed by atoms with van der Waals surface area (Å²) in [6.07, 6.45) is 3.40. The number of hydrogen-bond acceptors (Lipinski definition) is 3. The number of nitrogens with one attached hydrogen (secondary N) is 1. The van der Waals surface area contributed by atoms with Gasteiger partial charge in [0.1, 0.15) is 0 Å². The topological polar surface area (TPSA) is 66.5 Å². The molecular weight excluding hydrogens is 408 g/mol. The van der Waals surface area contributed by atoms with Gasteiger partial charge in [-0.1, -0.05) is 28.1 Å². The zero-order chi connectivity index (χ0) is 19.0. The Hall–Kier alpha value is -2.47. The lowest BCUT2D eigenvalue weighted by Crippen LogP contribution is -2.50. The number of carbonyl (C=O) groups excluding carboxylic acids is 3. The lowest BCUT2D eigenvalue weighted by molar-refractivity contribution is -0.121. The van der Waals surface area contributed by atoms with E-state index in [4.69, 9.17) is 0 Å². The van der Waals surface area contributed by atoms with Crippen LogP contribution in [0.2, 0.25) is 0 Å². The molecule has 1 aliphatic heterocycles. The smallest absolute Gasteiger partial charge is 0.251 e. The number of anilines is 1. The van der Waals surface area contributed by atoms with Crippen molar-refractivity contribution in [2.75, 3.05) is 4.90 Å². The summed E-state index contributed by atoms with van der Waals surface area (Å²) in [6.45, 7) is 0. The van der Waals surface area contributed by atoms with Crippen molar-refractivity contribution in [2.45, 2.75) is 37.6 Å². The lowest BCUT2D eigenvalue weighted by Gasteiger charge is -2.43. The number of hydrogen-bond donors (Lipinski definition) is 1. The molecule has 1 saturated heterocycles. The van der Waals surface area contributed by atoms with Gasteiger partial charge in [0.15, 0.2) is 0 Å². The quantitative estimate of drug-likeness (QED) is 0.753. The van der Waals surface area contributed by atoms with E-state index < -0.39 is 0 Å². The molecule has 0 radical (unpaired) electrons. The first kappa shape index (κ1) is 17.9. The van der Waals surface area contributed by atoms with Gasteiger partial charge in [0, 0.05) is 22.9 Å². The molecule has 2 aliphatic rings. The van der Waals surface area contributed by atoms with Crippen LogP contribution in [0.25, 0.3) is 0 Å². The average molecular weight is 427 g/mol. The van der Waals surface area contributed by atoms with Gasteiger partial charge < -0.3 is 5.32 Å². The summed E-state index contributed by atoms with van der Waals surface area (Å²) in [6, 6.07) is 14.7. The highest BCUT2D eigenvalue weighted by Crippen LogP contribution is 2.41. The Balaban J connectivity index is 1.52. The highest BCUT2D eigenvalue weighted by molar-refractivity contribution is 9.10. The maximum Gasteiger partial charge on any atom is 0.251 e. The number of benzene rings is 2. The molecule has 3 amide bonds. The van der Waals surface area contributed by atoms with Crippen LogP contribution in [0.1, 0.15) is 48.0 Å². The molecule has 1 aliphatic carbocycles. The van der Waals surface area contributed by atoms with Crippen LogP contribution in [-0.2, 0) is 15.1 Å². The third kappa shape index (κ3) is 3.30. The minimum Gasteiger partial charge on any atom is -0.343 e. The minimum atomic E-state index is -0.322. The number of rotatable bonds is 4. The van der Waals surface area contributed by atoms with Crippen molar-refractivity contribution >= 4 is 39.3 Å². The fraction of sp³-hybridized carbons (Fsp3) is 0.286. The molecule has 138 valence electrons. The van der Waals surface area contributed by atoms with Crippen molar-refractivity contribution in [2.24, 2.45) is 0 Å². The van der Waals surface area contributed by atoms with E-state index in [0.29, 0.717) is 11.3 Å². The average Bonchev–Trinajstić information content (AvgIpc) is 2.97. The fourth-order valence-electron chi connectivity index (χ4n) is 3.70. The van der Waals surface area contributed by atoms with Crippen LogP contribution < -0.4 is 10.2 Å². The van der Waals surface area contributed by atoms with Crippen molar-refractivity contribution in [3.05, 3.63) is 64.1 Å². The van der Waals surface area contributed by atoms with Crippen molar-refractivity contribution in [3.8, 4) is 0 Å². The second-order valence-electron chi connectivity index (χ2n) is 7.07. The second kappa shape index (κ2) is 6.93. The summed E-state index contributed by atoms with van der Waals surface area (Å²) in [5.74, 6) is -0.537. The molecule has 5 nitrogen and oxygen atoms in total. The zero-order valence-corrected chi connectivity index (χ0v) is 16.3. The molecule has 4 rings (SSSR count). The Bertz CT molecular complexity index is 886. The van der Waals surface area contributed by atoms with Crippen LogP contribution in [0, 0.1) is 0 Å². The normalized spacial score (nSPS) is 18.3. The largest absolute Gasteiger partial charge is 0.343 e. The van der Waals surface area contributed by atoms with Crippen molar-refractivity contribution < 1.29 is 14.4 Å². The van der Waals surface area contributed by atoms with E-state index in [1.807, 2.05) is 24.3 Å². The second-order valence-corrected chi connectivity index (χ2v) is 7.98. The molecule has 0 spiro atoms. The molecule has 0 atom stereocenters. The third-order valence-electron chi connectivity index (χ3n) is 5.40. The maximum absolute atomic E-state index is 12.8. The molecule has 6 heteroatoms. The minimum absolute atomic E-state index is 0.150. The highest BCUT2D eigenvalue weighted by Gasteiger charge is 2.40. The van der Waals surface area contributed by atoms with E-state index in [9.17, 15) is 14.4 Å². The van der Waals surface area contributed by atoms with Gasteiger partial charge in [-0.05, 0) is 61.2 Å². The van der Waals surface area contributed by atoms with Crippen LogP contribution >= 0.6 is 15.9 Å². The predicted molar refractivity (Wildman–Crippen MR) is 105 cm³/mol. The van der Waals surface area contributed by atoms with Gasteiger partial charge in [-0.25, -0.2) is 0 Å². The highest BCUT2D eigenvalue weighted by atomic mass is 79.9. The SMILES string of the molecule is O=C(NC1(c2ccc(Br)cc2)CCC1)c1ccc(N2C(=O)CCC2=O)cc1. The maximum atomic E-state index is 12.8. The molecule has 0 aromatic heterocycles. The first-order chi connectivity index (χ1) is 13.0. The first-order valence-electron chi connectivity index (χ1n) is 9.03. The number of nitrogens with zero attached hydrogens (tertiary/aromatic N) is 1. The number of amides is 3. The van der Waals surface area contributed by atoms with Gasteiger partial charge >= 0.3 is 0 Å². The van der Waals surface area contributed by atoms with Gasteiger partial charge in [-0.15, -0.1) is 0 Å². The molecule has 1 heterocycles. The van der Waals surface area contributed by atoms with Crippen LogP contribution in [0.3, 0.4) is 0 Å². The summed E-state index contributed by atoms with van der Waals surface area (Å²) in [5, 5.41) is 3.19. The molecule has 0 unspecified atom stereocenters. The first-order valence-corrected chi connectivity index (χ1v) is 9.82. The molecule has 2 aromatic rings. The van der Waals surface area contributed by atoms with Crippen LogP contribution in [0.5, 0.6) is 0 Å². The fourth-order valence-corrected chi connectivity index (χ4v) is 3.97. The molecule has 2 fully saturated rings. The van der Waals surface area contributed by atoms with E-state index in [-0.39, 0.29) is 36.1 Å². The molecule has 1 N–H and O–H groups in total. The Morgan fingerprint density at radius 1 is 0.926 bits per heavy atom. The molecule has 27 heavy (non-hydrogen) atoms. The number of imide groups is 1. The van der Waals surface area contributed by atoms with Crippen LogP contribution in [0.4, 0.5) is 5.69 Å². The summed E-state index contributed by atoms with van der Waals surface area (Å²) < 4.78 is 1.01. The Labute approximate surface area is 165 Å². The number of carbonyl (C=O) groups is 3. The van der Waals surface area contributed by atoms with E-state index >= 15 is 0 Å². The molecule has 2 aromatic carbocycles. The summed E-state index contributed by atoms with van der Waals surface area (Å²) in [5.41, 5.74) is 1.82. The summed E-state index contributed by atoms with van der Waals surface area (Å²) in [7, 11) is 0. The van der Waals surface area contributed by atoms with Gasteiger partial charge in [-0.2, -0.15) is 0 Å². The third-order valence-corrected chi connectivity index (χ3v) is 5.92.